The molecule has 0 aromatic heterocycles. The maximum atomic E-state index is 14.3. The summed E-state index contributed by atoms with van der Waals surface area (Å²) in [5, 5.41) is 11.1. The summed E-state index contributed by atoms with van der Waals surface area (Å²) in [5.41, 5.74) is 0.298. The highest BCUT2D eigenvalue weighted by atomic mass is 16.5. The van der Waals surface area contributed by atoms with Crippen molar-refractivity contribution in [1.82, 2.24) is 0 Å². The number of carbonyl (C=O) groups excluding carboxylic acids is 2. The summed E-state index contributed by atoms with van der Waals surface area (Å²) in [6.45, 7) is 16.4. The molecule has 5 aliphatic carbocycles. The summed E-state index contributed by atoms with van der Waals surface area (Å²) >= 11 is 0. The van der Waals surface area contributed by atoms with Gasteiger partial charge in [-0.05, 0) is 110 Å². The molecule has 0 spiro atoms. The van der Waals surface area contributed by atoms with Crippen molar-refractivity contribution in [2.75, 3.05) is 7.11 Å². The van der Waals surface area contributed by atoms with E-state index in [9.17, 15) is 14.7 Å². The molecule has 196 valence electrons. The Morgan fingerprint density at radius 3 is 2.31 bits per heavy atom. The third-order valence-corrected chi connectivity index (χ3v) is 13.4. The minimum Gasteiger partial charge on any atom is -0.469 e. The molecule has 4 nitrogen and oxygen atoms in total. The van der Waals surface area contributed by atoms with Gasteiger partial charge in [-0.3, -0.25) is 9.59 Å². The van der Waals surface area contributed by atoms with Crippen LogP contribution in [0.4, 0.5) is 0 Å². The van der Waals surface area contributed by atoms with Crippen LogP contribution in [0.1, 0.15) is 99.8 Å². The van der Waals surface area contributed by atoms with Crippen molar-refractivity contribution in [3.63, 3.8) is 0 Å². The molecule has 4 fully saturated rings. The minimum absolute atomic E-state index is 0.00716. The second-order valence-corrected chi connectivity index (χ2v) is 14.6. The number of esters is 1. The maximum absolute atomic E-state index is 14.3. The fourth-order valence-corrected chi connectivity index (χ4v) is 10.9. The molecule has 0 aromatic rings. The van der Waals surface area contributed by atoms with Gasteiger partial charge in [0.15, 0.2) is 5.78 Å². The number of fused-ring (bicyclic) bond motifs is 7. The van der Waals surface area contributed by atoms with Gasteiger partial charge in [0.05, 0.1) is 18.6 Å². The molecule has 0 heterocycles. The van der Waals surface area contributed by atoms with Crippen molar-refractivity contribution in [2.24, 2.45) is 56.7 Å². The van der Waals surface area contributed by atoms with E-state index in [0.29, 0.717) is 29.6 Å². The van der Waals surface area contributed by atoms with Crippen LogP contribution in [0.2, 0.25) is 0 Å². The van der Waals surface area contributed by atoms with Crippen LogP contribution >= 0.6 is 0 Å². The van der Waals surface area contributed by atoms with Gasteiger partial charge in [0, 0.05) is 5.92 Å². The summed E-state index contributed by atoms with van der Waals surface area (Å²) in [4.78, 5) is 27.4. The lowest BCUT2D eigenvalue weighted by molar-refractivity contribution is -0.216. The van der Waals surface area contributed by atoms with Crippen LogP contribution in [-0.2, 0) is 14.3 Å². The number of aliphatic hydroxyl groups excluding tert-OH is 1. The monoisotopic (exact) mass is 484 g/mol. The first-order valence-corrected chi connectivity index (χ1v) is 14.2. The zero-order valence-corrected chi connectivity index (χ0v) is 23.4. The zero-order chi connectivity index (χ0) is 25.8. The van der Waals surface area contributed by atoms with Gasteiger partial charge in [-0.25, -0.2) is 0 Å². The van der Waals surface area contributed by atoms with Gasteiger partial charge in [0.1, 0.15) is 0 Å². The van der Waals surface area contributed by atoms with Gasteiger partial charge in [-0.15, -0.1) is 0 Å². The van der Waals surface area contributed by atoms with Crippen LogP contribution in [0.3, 0.4) is 0 Å². The average molecular weight is 485 g/mol. The SMILES string of the molecule is COC(=O)[C@]1(C)[C@@H]2CC[C@]3(C)[C@H](C(=O)C=C4[C@@H]5[C@@H](C)[C@H](C)CC[C@]5(C)CC[C@]43C)[C@@]2(C)CC[C@@H]1O. The standard InChI is InChI=1S/C31H48O4/c1-18-9-12-27(3)15-16-29(5)20(24(27)19(18)2)17-21(32)25-28(4)13-11-23(33)31(7,26(34)35-8)22(28)10-14-30(25,29)6/h17-19,22-25,33H,9-16H2,1-8H3/t18-,19+,22-,23+,24+,25-,27-,28+,29-,30-,31-/m1/s1. The summed E-state index contributed by atoms with van der Waals surface area (Å²) < 4.78 is 5.25. The Bertz CT molecular complexity index is 969. The number of carbonyl (C=O) groups is 2. The fraction of sp³-hybridized carbons (Fsp3) is 0.871. The quantitative estimate of drug-likeness (QED) is 0.440. The summed E-state index contributed by atoms with van der Waals surface area (Å²) in [6.07, 6.45) is 9.42. The first kappa shape index (κ1) is 25.5. The van der Waals surface area contributed by atoms with Crippen molar-refractivity contribution in [2.45, 2.75) is 106 Å². The number of methoxy groups -OCH3 is 1. The molecule has 0 bridgehead atoms. The molecule has 0 aliphatic heterocycles. The number of ketones is 1. The number of hydrogen-bond acceptors (Lipinski definition) is 4. The van der Waals surface area contributed by atoms with Crippen molar-refractivity contribution in [3.05, 3.63) is 11.6 Å². The van der Waals surface area contributed by atoms with E-state index < -0.39 is 11.5 Å². The molecule has 4 heteroatoms. The molecule has 11 atom stereocenters. The van der Waals surface area contributed by atoms with Crippen molar-refractivity contribution in [1.29, 1.82) is 0 Å². The molecule has 35 heavy (non-hydrogen) atoms. The van der Waals surface area contributed by atoms with E-state index in [-0.39, 0.29) is 39.8 Å². The Morgan fingerprint density at radius 1 is 0.971 bits per heavy atom. The lowest BCUT2D eigenvalue weighted by atomic mass is 9.33. The Balaban J connectivity index is 1.64. The van der Waals surface area contributed by atoms with Crippen LogP contribution < -0.4 is 0 Å². The van der Waals surface area contributed by atoms with Crippen molar-refractivity contribution in [3.8, 4) is 0 Å². The normalized spacial score (nSPS) is 55.6. The summed E-state index contributed by atoms with van der Waals surface area (Å²) in [6, 6.07) is 0. The molecule has 0 aromatic carbocycles. The fourth-order valence-electron chi connectivity index (χ4n) is 10.9. The van der Waals surface area contributed by atoms with E-state index >= 15 is 0 Å². The van der Waals surface area contributed by atoms with E-state index in [1.165, 1.54) is 31.9 Å². The average Bonchev–Trinajstić information content (AvgIpc) is 2.80. The second kappa shape index (κ2) is 7.68. The van der Waals surface area contributed by atoms with Gasteiger partial charge in [-0.2, -0.15) is 0 Å². The van der Waals surface area contributed by atoms with Gasteiger partial charge in [-0.1, -0.05) is 47.1 Å². The molecule has 1 N–H and O–H groups in total. The number of hydrogen-bond donors (Lipinski definition) is 1. The minimum atomic E-state index is -0.966. The highest BCUT2D eigenvalue weighted by Crippen LogP contribution is 2.75. The largest absolute Gasteiger partial charge is 0.469 e. The Hall–Kier alpha value is -1.16. The zero-order valence-electron chi connectivity index (χ0n) is 23.4. The van der Waals surface area contributed by atoms with Crippen molar-refractivity contribution >= 4 is 11.8 Å². The molecule has 0 amide bonds. The Kier molecular flexibility index (Phi) is 5.59. The van der Waals surface area contributed by atoms with E-state index in [2.05, 4.69) is 47.6 Å². The molecule has 0 radical (unpaired) electrons. The van der Waals surface area contributed by atoms with Gasteiger partial charge < -0.3 is 9.84 Å². The third kappa shape index (κ3) is 2.95. The van der Waals surface area contributed by atoms with E-state index in [4.69, 9.17) is 4.74 Å². The smallest absolute Gasteiger partial charge is 0.314 e. The first-order chi connectivity index (χ1) is 16.2. The highest BCUT2D eigenvalue weighted by Gasteiger charge is 2.71. The van der Waals surface area contributed by atoms with Crippen LogP contribution in [0.5, 0.6) is 0 Å². The molecular weight excluding hydrogens is 436 g/mol. The highest BCUT2D eigenvalue weighted by molar-refractivity contribution is 5.96. The van der Waals surface area contributed by atoms with Gasteiger partial charge in [0.2, 0.25) is 0 Å². The summed E-state index contributed by atoms with van der Waals surface area (Å²) in [5.74, 6) is 1.52. The van der Waals surface area contributed by atoms with Gasteiger partial charge in [0.25, 0.3) is 0 Å². The summed E-state index contributed by atoms with van der Waals surface area (Å²) in [7, 11) is 1.42. The van der Waals surface area contributed by atoms with Crippen LogP contribution in [-0.4, -0.2) is 30.1 Å². The topological polar surface area (TPSA) is 63.6 Å². The molecule has 0 unspecified atom stereocenters. The van der Waals surface area contributed by atoms with Gasteiger partial charge >= 0.3 is 5.97 Å². The van der Waals surface area contributed by atoms with Crippen molar-refractivity contribution < 1.29 is 19.4 Å². The lowest BCUT2D eigenvalue weighted by Crippen LogP contribution is -2.68. The Morgan fingerprint density at radius 2 is 1.66 bits per heavy atom. The maximum Gasteiger partial charge on any atom is 0.314 e. The molecule has 5 rings (SSSR count). The molecular formula is C31H48O4. The first-order valence-electron chi connectivity index (χ1n) is 14.2. The predicted octanol–water partition coefficient (Wildman–Crippen LogP) is 6.36. The van der Waals surface area contributed by atoms with Crippen LogP contribution in [0, 0.1) is 56.7 Å². The van der Waals surface area contributed by atoms with E-state index in [1.807, 2.05) is 6.92 Å². The van der Waals surface area contributed by atoms with Crippen LogP contribution in [0.25, 0.3) is 0 Å². The molecule has 0 saturated heterocycles. The second-order valence-electron chi connectivity index (χ2n) is 14.6. The number of allylic oxidation sites excluding steroid dienone is 2. The predicted molar refractivity (Wildman–Crippen MR) is 137 cm³/mol. The molecule has 4 saturated carbocycles. The van der Waals surface area contributed by atoms with E-state index in [0.717, 1.165) is 25.7 Å². The Labute approximate surface area is 212 Å². The molecule has 5 aliphatic rings. The number of rotatable bonds is 1. The number of aliphatic hydroxyl groups is 1. The van der Waals surface area contributed by atoms with Crippen LogP contribution in [0.15, 0.2) is 11.6 Å². The number of ether oxygens (including phenoxy) is 1. The third-order valence-electron chi connectivity index (χ3n) is 13.4. The lowest BCUT2D eigenvalue weighted by Gasteiger charge is -2.70. The van der Waals surface area contributed by atoms with E-state index in [1.54, 1.807) is 0 Å².